The molecule has 0 aliphatic heterocycles. The van der Waals surface area contributed by atoms with Gasteiger partial charge < -0.3 is 0 Å². The van der Waals surface area contributed by atoms with Crippen LogP contribution in [0.3, 0.4) is 0 Å². The van der Waals surface area contributed by atoms with Gasteiger partial charge in [-0.2, -0.15) is 0 Å². The van der Waals surface area contributed by atoms with Gasteiger partial charge in [0.05, 0.1) is 0 Å². The van der Waals surface area contributed by atoms with Gasteiger partial charge in [0.1, 0.15) is 0 Å². The summed E-state index contributed by atoms with van der Waals surface area (Å²) < 4.78 is 0. The lowest BCUT2D eigenvalue weighted by atomic mass is 10.0. The van der Waals surface area contributed by atoms with Crippen molar-refractivity contribution in [1.29, 1.82) is 0 Å². The number of Topliss-reactive ketones (excluding diaryl/α,β-unsaturated/α-hetero) is 1. The highest BCUT2D eigenvalue weighted by molar-refractivity contribution is 5.96. The van der Waals surface area contributed by atoms with Crippen molar-refractivity contribution in [1.82, 2.24) is 0 Å². The fourth-order valence-electron chi connectivity index (χ4n) is 1.56. The Kier molecular flexibility index (Phi) is 3.27. The first-order chi connectivity index (χ1) is 5.75. The quantitative estimate of drug-likeness (QED) is 0.582. The fourth-order valence-corrected chi connectivity index (χ4v) is 1.56. The summed E-state index contributed by atoms with van der Waals surface area (Å²) in [5, 5.41) is 0. The smallest absolute Gasteiger partial charge is 0.158 e. The van der Waals surface area contributed by atoms with Gasteiger partial charge in [-0.1, -0.05) is 12.2 Å². The predicted molar refractivity (Wildman–Crippen MR) is 51.0 cm³/mol. The second-order valence-electron chi connectivity index (χ2n) is 3.28. The maximum atomic E-state index is 11.4. The van der Waals surface area contributed by atoms with Crippen LogP contribution in [0.4, 0.5) is 0 Å². The SMILES string of the molecule is C/C=C\C1=C(C)C(=O)CCCC1. The Morgan fingerprint density at radius 2 is 1.92 bits per heavy atom. The molecule has 1 nitrogen and oxygen atoms in total. The minimum atomic E-state index is 0.334. The number of hydrogen-bond acceptors (Lipinski definition) is 1. The molecule has 0 aromatic heterocycles. The lowest BCUT2D eigenvalue weighted by molar-refractivity contribution is -0.115. The highest BCUT2D eigenvalue weighted by atomic mass is 16.1. The lowest BCUT2D eigenvalue weighted by Crippen LogP contribution is -1.98. The van der Waals surface area contributed by atoms with E-state index >= 15 is 0 Å². The lowest BCUT2D eigenvalue weighted by Gasteiger charge is -2.00. The van der Waals surface area contributed by atoms with Crippen molar-refractivity contribution >= 4 is 5.78 Å². The molecule has 0 N–H and O–H groups in total. The van der Waals surface area contributed by atoms with Crippen LogP contribution in [-0.2, 0) is 4.79 Å². The first-order valence-corrected chi connectivity index (χ1v) is 4.61. The summed E-state index contributed by atoms with van der Waals surface area (Å²) in [6.45, 7) is 3.94. The first-order valence-electron chi connectivity index (χ1n) is 4.61. The van der Waals surface area contributed by atoms with Crippen LogP contribution in [0, 0.1) is 0 Å². The second kappa shape index (κ2) is 4.24. The van der Waals surface area contributed by atoms with Crippen LogP contribution in [0.15, 0.2) is 23.3 Å². The Morgan fingerprint density at radius 1 is 1.25 bits per heavy atom. The monoisotopic (exact) mass is 164 g/mol. The zero-order valence-corrected chi connectivity index (χ0v) is 7.89. The van der Waals surface area contributed by atoms with Crippen LogP contribution in [0.1, 0.15) is 39.5 Å². The normalized spacial score (nSPS) is 20.3. The number of rotatable bonds is 1. The second-order valence-corrected chi connectivity index (χ2v) is 3.28. The number of allylic oxidation sites excluding steroid dienone is 4. The molecule has 0 spiro atoms. The van der Waals surface area contributed by atoms with Crippen LogP contribution in [-0.4, -0.2) is 5.78 Å². The van der Waals surface area contributed by atoms with Crippen molar-refractivity contribution in [3.63, 3.8) is 0 Å². The minimum Gasteiger partial charge on any atom is -0.295 e. The molecule has 1 rings (SSSR count). The van der Waals surface area contributed by atoms with Crippen LogP contribution in [0.5, 0.6) is 0 Å². The van der Waals surface area contributed by atoms with Crippen LogP contribution in [0.25, 0.3) is 0 Å². The van der Waals surface area contributed by atoms with E-state index in [2.05, 4.69) is 6.08 Å². The molecular weight excluding hydrogens is 148 g/mol. The Morgan fingerprint density at radius 3 is 2.58 bits per heavy atom. The molecule has 0 fully saturated rings. The molecule has 0 aromatic rings. The molecule has 1 heteroatoms. The van der Waals surface area contributed by atoms with Crippen molar-refractivity contribution < 1.29 is 4.79 Å². The van der Waals surface area contributed by atoms with Crippen molar-refractivity contribution in [3.05, 3.63) is 23.3 Å². The van der Waals surface area contributed by atoms with E-state index in [-0.39, 0.29) is 0 Å². The molecule has 0 aromatic carbocycles. The molecular formula is C11H16O. The van der Waals surface area contributed by atoms with E-state index in [1.165, 1.54) is 5.57 Å². The van der Waals surface area contributed by atoms with Crippen molar-refractivity contribution in [2.75, 3.05) is 0 Å². The Bertz CT molecular complexity index is 233. The van der Waals surface area contributed by atoms with Gasteiger partial charge in [-0.05, 0) is 44.3 Å². The van der Waals surface area contributed by atoms with Crippen LogP contribution < -0.4 is 0 Å². The van der Waals surface area contributed by atoms with E-state index in [4.69, 9.17) is 0 Å². The third-order valence-corrected chi connectivity index (χ3v) is 2.37. The molecule has 66 valence electrons. The molecule has 0 heterocycles. The van der Waals surface area contributed by atoms with E-state index < -0.39 is 0 Å². The Labute approximate surface area is 74.2 Å². The fraction of sp³-hybridized carbons (Fsp3) is 0.545. The van der Waals surface area contributed by atoms with Gasteiger partial charge in [0.25, 0.3) is 0 Å². The molecule has 0 bridgehead atoms. The summed E-state index contributed by atoms with van der Waals surface area (Å²) in [5.74, 6) is 0.334. The molecule has 0 amide bonds. The molecule has 1 aliphatic carbocycles. The summed E-state index contributed by atoms with van der Waals surface area (Å²) in [7, 11) is 0. The van der Waals surface area contributed by atoms with Gasteiger partial charge in [-0.25, -0.2) is 0 Å². The molecule has 0 saturated carbocycles. The molecule has 0 atom stereocenters. The number of carbonyl (C=O) groups excluding carboxylic acids is 1. The standard InChI is InChI=1S/C11H16O/c1-3-6-10-7-4-5-8-11(12)9(10)2/h3,6H,4-5,7-8H2,1-2H3/b6-3-. The third-order valence-electron chi connectivity index (χ3n) is 2.37. The van der Waals surface area contributed by atoms with Gasteiger partial charge in [-0.3, -0.25) is 4.79 Å². The maximum Gasteiger partial charge on any atom is 0.158 e. The van der Waals surface area contributed by atoms with Crippen LogP contribution >= 0.6 is 0 Å². The number of carbonyl (C=O) groups is 1. The highest BCUT2D eigenvalue weighted by Crippen LogP contribution is 2.21. The molecule has 12 heavy (non-hydrogen) atoms. The first kappa shape index (κ1) is 9.24. The van der Waals surface area contributed by atoms with E-state index in [9.17, 15) is 4.79 Å². The molecule has 1 aliphatic rings. The average molecular weight is 164 g/mol. The summed E-state index contributed by atoms with van der Waals surface area (Å²) in [4.78, 5) is 11.4. The van der Waals surface area contributed by atoms with Gasteiger partial charge in [0.15, 0.2) is 5.78 Å². The zero-order valence-electron chi connectivity index (χ0n) is 7.89. The van der Waals surface area contributed by atoms with E-state index in [1.807, 2.05) is 19.9 Å². The number of ketones is 1. The van der Waals surface area contributed by atoms with Gasteiger partial charge >= 0.3 is 0 Å². The van der Waals surface area contributed by atoms with Gasteiger partial charge in [0.2, 0.25) is 0 Å². The summed E-state index contributed by atoms with van der Waals surface area (Å²) in [6.07, 6.45) is 8.10. The average Bonchev–Trinajstić information content (AvgIpc) is 2.20. The minimum absolute atomic E-state index is 0.334. The highest BCUT2D eigenvalue weighted by Gasteiger charge is 2.12. The van der Waals surface area contributed by atoms with Crippen molar-refractivity contribution in [3.8, 4) is 0 Å². The topological polar surface area (TPSA) is 17.1 Å². The summed E-state index contributed by atoms with van der Waals surface area (Å²) in [5.41, 5.74) is 2.21. The van der Waals surface area contributed by atoms with Crippen molar-refractivity contribution in [2.45, 2.75) is 39.5 Å². The largest absolute Gasteiger partial charge is 0.295 e. The third kappa shape index (κ3) is 2.07. The van der Waals surface area contributed by atoms with E-state index in [0.717, 1.165) is 31.3 Å². The molecule has 0 unspecified atom stereocenters. The maximum absolute atomic E-state index is 11.4. The molecule has 0 saturated heterocycles. The Balaban J connectivity index is 2.88. The van der Waals surface area contributed by atoms with E-state index in [0.29, 0.717) is 5.78 Å². The predicted octanol–water partition coefficient (Wildman–Crippen LogP) is 3.02. The van der Waals surface area contributed by atoms with Crippen molar-refractivity contribution in [2.24, 2.45) is 0 Å². The van der Waals surface area contributed by atoms with Gasteiger partial charge in [0, 0.05) is 6.42 Å². The zero-order chi connectivity index (χ0) is 8.97. The van der Waals surface area contributed by atoms with Crippen LogP contribution in [0.2, 0.25) is 0 Å². The molecule has 0 radical (unpaired) electrons. The Hall–Kier alpha value is -0.850. The summed E-state index contributed by atoms with van der Waals surface area (Å²) in [6, 6.07) is 0. The summed E-state index contributed by atoms with van der Waals surface area (Å²) >= 11 is 0. The van der Waals surface area contributed by atoms with Gasteiger partial charge in [-0.15, -0.1) is 0 Å². The van der Waals surface area contributed by atoms with E-state index in [1.54, 1.807) is 0 Å². The number of hydrogen-bond donors (Lipinski definition) is 0.